The van der Waals surface area contributed by atoms with Crippen LogP contribution in [0.15, 0.2) is 23.3 Å². The fourth-order valence-electron chi connectivity index (χ4n) is 1.52. The van der Waals surface area contributed by atoms with Crippen molar-refractivity contribution in [2.45, 2.75) is 0 Å². The molecule has 0 aliphatic carbocycles. The molecule has 0 aliphatic rings. The van der Waals surface area contributed by atoms with Gasteiger partial charge in [0.1, 0.15) is 17.3 Å². The Bertz CT molecular complexity index is 709. The number of halogens is 7. The molecule has 0 saturated heterocycles. The summed E-state index contributed by atoms with van der Waals surface area (Å²) in [5.74, 6) is -12.7. The first-order valence-electron chi connectivity index (χ1n) is 5.58. The van der Waals surface area contributed by atoms with Crippen molar-refractivity contribution in [3.8, 4) is 0 Å². The van der Waals surface area contributed by atoms with Crippen molar-refractivity contribution in [1.82, 2.24) is 0 Å². The zero-order valence-corrected chi connectivity index (χ0v) is 10.4. The standard InChI is InChI=1S/C13H5F7N2/c14-6-1-5(2-7(15)3-6)4-21-22-13-11(19)9(17)8(16)10(18)12(13)20/h1-4,22H/b21-4+. The summed E-state index contributed by atoms with van der Waals surface area (Å²) < 4.78 is 90.9. The molecule has 2 nitrogen and oxygen atoms in total. The molecule has 0 saturated carbocycles. The first-order valence-corrected chi connectivity index (χ1v) is 5.58. The van der Waals surface area contributed by atoms with Crippen molar-refractivity contribution < 1.29 is 30.7 Å². The smallest absolute Gasteiger partial charge is 0.200 e. The molecule has 116 valence electrons. The van der Waals surface area contributed by atoms with E-state index in [-0.39, 0.29) is 5.56 Å². The van der Waals surface area contributed by atoms with Gasteiger partial charge < -0.3 is 0 Å². The Morgan fingerprint density at radius 1 is 0.682 bits per heavy atom. The molecule has 0 heterocycles. The number of hydrogen-bond acceptors (Lipinski definition) is 2. The number of hydrogen-bond donors (Lipinski definition) is 1. The Morgan fingerprint density at radius 2 is 1.14 bits per heavy atom. The van der Waals surface area contributed by atoms with Gasteiger partial charge in [-0.2, -0.15) is 5.10 Å². The van der Waals surface area contributed by atoms with Crippen LogP contribution in [0.4, 0.5) is 36.4 Å². The Kier molecular flexibility index (Phi) is 4.34. The first-order chi connectivity index (χ1) is 10.3. The van der Waals surface area contributed by atoms with E-state index in [1.807, 2.05) is 0 Å². The highest BCUT2D eigenvalue weighted by atomic mass is 19.2. The third kappa shape index (κ3) is 3.02. The van der Waals surface area contributed by atoms with Crippen LogP contribution in [0.2, 0.25) is 0 Å². The molecule has 0 bridgehead atoms. The number of nitrogens with one attached hydrogen (secondary N) is 1. The number of benzene rings is 2. The normalized spacial score (nSPS) is 11.2. The lowest BCUT2D eigenvalue weighted by molar-refractivity contribution is 0.381. The molecule has 0 amide bonds. The van der Waals surface area contributed by atoms with Crippen LogP contribution in [0.1, 0.15) is 5.56 Å². The Morgan fingerprint density at radius 3 is 1.64 bits per heavy atom. The molecule has 2 aromatic carbocycles. The third-order valence-electron chi connectivity index (χ3n) is 2.48. The minimum Gasteiger partial charge on any atom is -0.272 e. The van der Waals surface area contributed by atoms with Gasteiger partial charge in [0.2, 0.25) is 5.82 Å². The highest BCUT2D eigenvalue weighted by Crippen LogP contribution is 2.26. The topological polar surface area (TPSA) is 24.4 Å². The molecule has 1 N–H and O–H groups in total. The number of rotatable bonds is 3. The van der Waals surface area contributed by atoms with Gasteiger partial charge >= 0.3 is 0 Å². The van der Waals surface area contributed by atoms with Crippen LogP contribution >= 0.6 is 0 Å². The molecular weight excluding hydrogens is 317 g/mol. The molecular formula is C13H5F7N2. The van der Waals surface area contributed by atoms with E-state index in [0.717, 1.165) is 18.3 Å². The highest BCUT2D eigenvalue weighted by Gasteiger charge is 2.25. The van der Waals surface area contributed by atoms with Crippen LogP contribution in [0.25, 0.3) is 0 Å². The summed E-state index contributed by atoms with van der Waals surface area (Å²) in [5, 5.41) is 3.18. The van der Waals surface area contributed by atoms with Crippen molar-refractivity contribution in [2.75, 3.05) is 5.43 Å². The van der Waals surface area contributed by atoms with Gasteiger partial charge in [-0.05, 0) is 12.1 Å². The van der Waals surface area contributed by atoms with Gasteiger partial charge in [-0.25, -0.2) is 30.7 Å². The summed E-state index contributed by atoms with van der Waals surface area (Å²) in [6, 6.07) is 2.26. The van der Waals surface area contributed by atoms with Crippen LogP contribution in [0.3, 0.4) is 0 Å². The van der Waals surface area contributed by atoms with Crippen LogP contribution in [-0.4, -0.2) is 6.21 Å². The maximum atomic E-state index is 13.3. The molecule has 2 rings (SSSR count). The van der Waals surface area contributed by atoms with E-state index in [1.54, 1.807) is 5.43 Å². The quantitative estimate of drug-likeness (QED) is 0.297. The average Bonchev–Trinajstić information content (AvgIpc) is 2.46. The van der Waals surface area contributed by atoms with Crippen molar-refractivity contribution >= 4 is 11.9 Å². The summed E-state index contributed by atoms with van der Waals surface area (Å²) >= 11 is 0. The maximum Gasteiger partial charge on any atom is 0.200 e. The Balaban J connectivity index is 2.30. The largest absolute Gasteiger partial charge is 0.272 e. The second-order valence-corrected chi connectivity index (χ2v) is 4.02. The van der Waals surface area contributed by atoms with Gasteiger partial charge in [0.25, 0.3) is 0 Å². The molecule has 0 fully saturated rings. The van der Waals surface area contributed by atoms with E-state index in [2.05, 4.69) is 5.10 Å². The molecule has 0 atom stereocenters. The highest BCUT2D eigenvalue weighted by molar-refractivity contribution is 5.80. The molecule has 0 aromatic heterocycles. The lowest BCUT2D eigenvalue weighted by atomic mass is 10.2. The van der Waals surface area contributed by atoms with Crippen molar-refractivity contribution in [2.24, 2.45) is 5.10 Å². The van der Waals surface area contributed by atoms with Gasteiger partial charge in [0, 0.05) is 11.6 Å². The van der Waals surface area contributed by atoms with E-state index in [1.165, 1.54) is 0 Å². The van der Waals surface area contributed by atoms with Gasteiger partial charge in [-0.15, -0.1) is 0 Å². The predicted octanol–water partition coefficient (Wildman–Crippen LogP) is 4.11. The van der Waals surface area contributed by atoms with Gasteiger partial charge in [-0.1, -0.05) is 0 Å². The molecule has 0 radical (unpaired) electrons. The van der Waals surface area contributed by atoms with Gasteiger partial charge in [0.05, 0.1) is 6.21 Å². The number of nitrogens with zero attached hydrogens (tertiary/aromatic N) is 1. The zero-order valence-electron chi connectivity index (χ0n) is 10.4. The van der Waals surface area contributed by atoms with E-state index in [9.17, 15) is 30.7 Å². The Hall–Kier alpha value is -2.58. The molecule has 0 unspecified atom stereocenters. The lowest BCUT2D eigenvalue weighted by Crippen LogP contribution is -2.06. The van der Waals surface area contributed by atoms with E-state index in [4.69, 9.17) is 0 Å². The Labute approximate surface area is 118 Å². The number of hydrazone groups is 1. The van der Waals surface area contributed by atoms with Crippen molar-refractivity contribution in [3.05, 3.63) is 64.5 Å². The monoisotopic (exact) mass is 322 g/mol. The van der Waals surface area contributed by atoms with Crippen LogP contribution in [-0.2, 0) is 0 Å². The summed E-state index contributed by atoms with van der Waals surface area (Å²) in [7, 11) is 0. The molecule has 22 heavy (non-hydrogen) atoms. The summed E-state index contributed by atoms with van der Waals surface area (Å²) in [6.45, 7) is 0. The molecule has 2 aromatic rings. The first kappa shape index (κ1) is 15.8. The van der Waals surface area contributed by atoms with Crippen LogP contribution < -0.4 is 5.43 Å². The fourth-order valence-corrected chi connectivity index (χ4v) is 1.52. The SMILES string of the molecule is Fc1cc(F)cc(/C=N/Nc2c(F)c(F)c(F)c(F)c2F)c1. The van der Waals surface area contributed by atoms with E-state index >= 15 is 0 Å². The zero-order chi connectivity index (χ0) is 16.4. The summed E-state index contributed by atoms with van der Waals surface area (Å²) in [4.78, 5) is 0. The fraction of sp³-hybridized carbons (Fsp3) is 0. The average molecular weight is 322 g/mol. The third-order valence-corrected chi connectivity index (χ3v) is 2.48. The van der Waals surface area contributed by atoms with Crippen LogP contribution in [0, 0.1) is 40.7 Å². The molecule has 9 heteroatoms. The minimum absolute atomic E-state index is 0.131. The number of anilines is 1. The molecule has 0 aliphatic heterocycles. The minimum atomic E-state index is -2.31. The van der Waals surface area contributed by atoms with E-state index in [0.29, 0.717) is 6.07 Å². The predicted molar refractivity (Wildman–Crippen MR) is 63.8 cm³/mol. The van der Waals surface area contributed by atoms with Crippen molar-refractivity contribution in [3.63, 3.8) is 0 Å². The second kappa shape index (κ2) is 6.04. The van der Waals surface area contributed by atoms with Gasteiger partial charge in [-0.3, -0.25) is 5.43 Å². The summed E-state index contributed by atoms with van der Waals surface area (Å²) in [6.07, 6.45) is 0.740. The second-order valence-electron chi connectivity index (χ2n) is 4.02. The maximum absolute atomic E-state index is 13.3. The van der Waals surface area contributed by atoms with Crippen LogP contribution in [0.5, 0.6) is 0 Å². The summed E-state index contributed by atoms with van der Waals surface area (Å²) in [5.41, 5.74) is 0.0900. The van der Waals surface area contributed by atoms with Crippen molar-refractivity contribution in [1.29, 1.82) is 0 Å². The van der Waals surface area contributed by atoms with E-state index < -0.39 is 46.4 Å². The lowest BCUT2D eigenvalue weighted by Gasteiger charge is -2.06. The molecule has 0 spiro atoms. The van der Waals surface area contributed by atoms with Gasteiger partial charge in [0.15, 0.2) is 23.3 Å².